The van der Waals surface area contributed by atoms with Gasteiger partial charge >= 0.3 is 0 Å². The molecule has 0 aliphatic carbocycles. The highest BCUT2D eigenvalue weighted by molar-refractivity contribution is 7.10. The Balaban J connectivity index is 1.86. The number of amides is 1. The van der Waals surface area contributed by atoms with Crippen molar-refractivity contribution >= 4 is 34.5 Å². The number of aryl methyl sites for hydroxylation is 2. The summed E-state index contributed by atoms with van der Waals surface area (Å²) in [5.41, 5.74) is 3.28. The number of carbonyl (C=O) groups is 2. The number of aliphatic hydroxyl groups excluding tert-OH is 1. The van der Waals surface area contributed by atoms with E-state index in [1.165, 1.54) is 16.2 Å². The van der Waals surface area contributed by atoms with E-state index in [9.17, 15) is 14.7 Å². The van der Waals surface area contributed by atoms with Crippen molar-refractivity contribution in [2.45, 2.75) is 33.2 Å². The topological polar surface area (TPSA) is 66.8 Å². The van der Waals surface area contributed by atoms with Crippen molar-refractivity contribution in [2.75, 3.05) is 11.5 Å². The maximum atomic E-state index is 13.2. The first-order chi connectivity index (χ1) is 15.4. The minimum absolute atomic E-state index is 0.0864. The lowest BCUT2D eigenvalue weighted by Crippen LogP contribution is -2.29. The maximum Gasteiger partial charge on any atom is 0.300 e. The van der Waals surface area contributed by atoms with E-state index < -0.39 is 17.7 Å². The van der Waals surface area contributed by atoms with Gasteiger partial charge in [-0.2, -0.15) is 0 Å². The van der Waals surface area contributed by atoms with Crippen LogP contribution in [0.15, 0.2) is 65.6 Å². The van der Waals surface area contributed by atoms with E-state index in [0.29, 0.717) is 23.6 Å². The zero-order chi connectivity index (χ0) is 22.8. The van der Waals surface area contributed by atoms with Gasteiger partial charge in [0.05, 0.1) is 12.2 Å². The van der Waals surface area contributed by atoms with Crippen molar-refractivity contribution in [1.82, 2.24) is 0 Å². The molecule has 0 bridgehead atoms. The lowest BCUT2D eigenvalue weighted by Gasteiger charge is -2.25. The van der Waals surface area contributed by atoms with Crippen LogP contribution in [0.4, 0.5) is 5.69 Å². The van der Waals surface area contributed by atoms with Gasteiger partial charge in [0, 0.05) is 16.1 Å². The summed E-state index contributed by atoms with van der Waals surface area (Å²) in [5.74, 6) is -0.937. The predicted molar refractivity (Wildman–Crippen MR) is 127 cm³/mol. The summed E-state index contributed by atoms with van der Waals surface area (Å²) in [6, 6.07) is 15.7. The second-order valence-corrected chi connectivity index (χ2v) is 8.81. The summed E-state index contributed by atoms with van der Waals surface area (Å²) in [6.45, 7) is 6.53. The average molecular weight is 448 g/mol. The number of nitrogens with zero attached hydrogens (tertiary/aromatic N) is 1. The molecule has 1 N–H and O–H groups in total. The van der Waals surface area contributed by atoms with Crippen LogP contribution in [-0.2, 0) is 9.59 Å². The molecule has 1 saturated heterocycles. The molecule has 1 fully saturated rings. The zero-order valence-electron chi connectivity index (χ0n) is 18.3. The fraction of sp³-hybridized carbons (Fsp3) is 0.231. The zero-order valence-corrected chi connectivity index (χ0v) is 19.1. The number of anilines is 1. The molecule has 5 nitrogen and oxygen atoms in total. The normalized spacial score (nSPS) is 17.7. The lowest BCUT2D eigenvalue weighted by molar-refractivity contribution is -0.132. The van der Waals surface area contributed by atoms with Crippen LogP contribution in [-0.4, -0.2) is 23.4 Å². The Morgan fingerprint density at radius 2 is 1.88 bits per heavy atom. The molecule has 2 heterocycles. The van der Waals surface area contributed by atoms with Gasteiger partial charge < -0.3 is 9.84 Å². The van der Waals surface area contributed by atoms with Crippen LogP contribution in [0.5, 0.6) is 5.75 Å². The SMILES string of the molecule is CCCOc1cccc(/C(O)=C2/C(=O)C(=O)N(c3ccc(C)c(C)c3)C2c2cccs2)c1. The molecule has 1 aliphatic rings. The van der Waals surface area contributed by atoms with Gasteiger partial charge in [0.1, 0.15) is 17.6 Å². The smallest absolute Gasteiger partial charge is 0.300 e. The van der Waals surface area contributed by atoms with E-state index in [1.54, 1.807) is 24.3 Å². The number of rotatable bonds is 6. The Bertz CT molecular complexity index is 1200. The van der Waals surface area contributed by atoms with Crippen molar-refractivity contribution in [3.8, 4) is 5.75 Å². The molecule has 6 heteroatoms. The second-order valence-electron chi connectivity index (χ2n) is 7.83. The third-order valence-corrected chi connectivity index (χ3v) is 6.53. The quantitative estimate of drug-likeness (QED) is 0.295. The van der Waals surface area contributed by atoms with Gasteiger partial charge in [-0.15, -0.1) is 11.3 Å². The van der Waals surface area contributed by atoms with Crippen LogP contribution >= 0.6 is 11.3 Å². The minimum Gasteiger partial charge on any atom is -0.507 e. The molecule has 1 atom stereocenters. The van der Waals surface area contributed by atoms with Gasteiger partial charge in [-0.3, -0.25) is 14.5 Å². The molecule has 1 aromatic heterocycles. The van der Waals surface area contributed by atoms with Crippen molar-refractivity contribution < 1.29 is 19.4 Å². The summed E-state index contributed by atoms with van der Waals surface area (Å²) >= 11 is 1.44. The van der Waals surface area contributed by atoms with Gasteiger partial charge in [0.25, 0.3) is 11.7 Å². The van der Waals surface area contributed by atoms with E-state index in [-0.39, 0.29) is 11.3 Å². The number of ether oxygens (including phenoxy) is 1. The molecule has 0 saturated carbocycles. The van der Waals surface area contributed by atoms with Crippen LogP contribution < -0.4 is 9.64 Å². The third-order valence-electron chi connectivity index (χ3n) is 5.61. The first-order valence-electron chi connectivity index (χ1n) is 10.6. The Morgan fingerprint density at radius 1 is 1.06 bits per heavy atom. The first kappa shape index (κ1) is 21.8. The maximum absolute atomic E-state index is 13.2. The van der Waals surface area contributed by atoms with Crippen LogP contribution in [0, 0.1) is 13.8 Å². The van der Waals surface area contributed by atoms with E-state index in [0.717, 1.165) is 22.4 Å². The number of thiophene rings is 1. The van der Waals surface area contributed by atoms with Crippen LogP contribution in [0.3, 0.4) is 0 Å². The molecule has 1 aliphatic heterocycles. The molecule has 32 heavy (non-hydrogen) atoms. The molecule has 0 radical (unpaired) electrons. The highest BCUT2D eigenvalue weighted by atomic mass is 32.1. The number of aliphatic hydroxyl groups is 1. The number of carbonyl (C=O) groups excluding carboxylic acids is 2. The molecule has 4 rings (SSSR count). The second kappa shape index (κ2) is 9.01. The van der Waals surface area contributed by atoms with E-state index in [2.05, 4.69) is 0 Å². The largest absolute Gasteiger partial charge is 0.507 e. The molecule has 0 spiro atoms. The van der Waals surface area contributed by atoms with Crippen LogP contribution in [0.25, 0.3) is 5.76 Å². The molecule has 164 valence electrons. The summed E-state index contributed by atoms with van der Waals surface area (Å²) in [7, 11) is 0. The van der Waals surface area contributed by atoms with Gasteiger partial charge in [-0.05, 0) is 67.1 Å². The minimum atomic E-state index is -0.697. The van der Waals surface area contributed by atoms with Crippen molar-refractivity contribution in [1.29, 1.82) is 0 Å². The number of benzene rings is 2. The van der Waals surface area contributed by atoms with Gasteiger partial charge in [-0.25, -0.2) is 0 Å². The lowest BCUT2D eigenvalue weighted by atomic mass is 9.99. The summed E-state index contributed by atoms with van der Waals surface area (Å²) < 4.78 is 5.68. The molecule has 2 aromatic carbocycles. The van der Waals surface area contributed by atoms with Crippen molar-refractivity contribution in [3.05, 3.63) is 87.1 Å². The predicted octanol–water partition coefficient (Wildman–Crippen LogP) is 5.78. The molecule has 3 aromatic rings. The van der Waals surface area contributed by atoms with E-state index >= 15 is 0 Å². The highest BCUT2D eigenvalue weighted by Crippen LogP contribution is 2.44. The average Bonchev–Trinajstić information content (AvgIpc) is 3.41. The molecule has 1 unspecified atom stereocenters. The summed E-state index contributed by atoms with van der Waals surface area (Å²) in [4.78, 5) is 28.7. The Hall–Kier alpha value is -3.38. The van der Waals surface area contributed by atoms with E-state index in [4.69, 9.17) is 4.74 Å². The molecular weight excluding hydrogens is 422 g/mol. The summed E-state index contributed by atoms with van der Waals surface area (Å²) in [6.07, 6.45) is 0.857. The van der Waals surface area contributed by atoms with Gasteiger partial charge in [-0.1, -0.05) is 31.2 Å². The number of hydrogen-bond donors (Lipinski definition) is 1. The fourth-order valence-electron chi connectivity index (χ4n) is 3.80. The number of hydrogen-bond acceptors (Lipinski definition) is 5. The van der Waals surface area contributed by atoms with Gasteiger partial charge in [0.15, 0.2) is 0 Å². The molecular formula is C26H25NO4S. The Morgan fingerprint density at radius 3 is 2.56 bits per heavy atom. The van der Waals surface area contributed by atoms with Crippen molar-refractivity contribution in [3.63, 3.8) is 0 Å². The van der Waals surface area contributed by atoms with Crippen molar-refractivity contribution in [2.24, 2.45) is 0 Å². The van der Waals surface area contributed by atoms with Crippen LogP contribution in [0.1, 0.15) is 41.0 Å². The van der Waals surface area contributed by atoms with Gasteiger partial charge in [0.2, 0.25) is 0 Å². The van der Waals surface area contributed by atoms with Crippen LogP contribution in [0.2, 0.25) is 0 Å². The fourth-order valence-corrected chi connectivity index (χ4v) is 4.62. The van der Waals surface area contributed by atoms with E-state index in [1.807, 2.05) is 56.5 Å². The highest BCUT2D eigenvalue weighted by Gasteiger charge is 2.47. The third kappa shape index (κ3) is 3.94. The first-order valence-corrected chi connectivity index (χ1v) is 11.4. The standard InChI is InChI=1S/C26H25NO4S/c1-4-12-31-20-8-5-7-18(15-20)24(28)22-23(21-9-6-13-32-21)27(26(30)25(22)29)19-11-10-16(2)17(3)14-19/h5-11,13-15,23,28H,4,12H2,1-3H3/b24-22-. The monoisotopic (exact) mass is 447 g/mol. The summed E-state index contributed by atoms with van der Waals surface area (Å²) in [5, 5.41) is 13.1. The Kier molecular flexibility index (Phi) is 6.15. The molecule has 1 amide bonds. The number of ketones is 1. The number of Topliss-reactive ketones (excluding diaryl/α,β-unsaturated/α-hetero) is 1. The Labute approximate surface area is 191 Å².